The third kappa shape index (κ3) is 3.71. The summed E-state index contributed by atoms with van der Waals surface area (Å²) in [6.45, 7) is 1.81. The number of carbonyl (C=O) groups excluding carboxylic acids is 4. The van der Waals surface area contributed by atoms with Crippen LogP contribution in [-0.2, 0) is 19.2 Å². The number of phenols is 1. The summed E-state index contributed by atoms with van der Waals surface area (Å²) in [4.78, 5) is 58.8. The molecule has 3 aromatic rings. The van der Waals surface area contributed by atoms with Crippen molar-refractivity contribution in [1.82, 2.24) is 0 Å². The van der Waals surface area contributed by atoms with E-state index in [4.69, 9.17) is 11.6 Å². The van der Waals surface area contributed by atoms with Crippen LogP contribution in [0.5, 0.6) is 5.75 Å². The Morgan fingerprint density at radius 1 is 0.857 bits per heavy atom. The molecule has 0 spiro atoms. The van der Waals surface area contributed by atoms with Gasteiger partial charge >= 0.3 is 0 Å². The van der Waals surface area contributed by atoms with E-state index < -0.39 is 35.0 Å². The monoisotopic (exact) mass is 644 g/mol. The summed E-state index contributed by atoms with van der Waals surface area (Å²) < 4.78 is 0.833. The highest BCUT2D eigenvalue weighted by Gasteiger charge is 2.67. The molecule has 0 bridgehead atoms. The van der Waals surface area contributed by atoms with E-state index in [1.807, 2.05) is 19.1 Å². The number of amides is 4. The summed E-state index contributed by atoms with van der Waals surface area (Å²) in [5.41, 5.74) is 1.25. The molecule has 3 fully saturated rings. The molecular formula is C33H26BrClN2O5. The standard InChI is InChI=1S/C33H26BrClN2O5/c1-33-25(30(40)37(32(33)42)18-5-3-2-4-6-18)16-24-21(28(33)22-12-11-20(38)15-26(22)35)13-14-23-27(24)31(41)36(29(23)39)19-9-7-17(34)8-10-19/h2-13,15,23-25,27-28,38H,14,16H2,1H3. The van der Waals surface area contributed by atoms with Crippen LogP contribution >= 0.6 is 27.5 Å². The second kappa shape index (κ2) is 9.64. The third-order valence-corrected chi connectivity index (χ3v) is 10.5. The smallest absolute Gasteiger partial charge is 0.241 e. The molecule has 4 aliphatic rings. The van der Waals surface area contributed by atoms with Crippen LogP contribution in [0.4, 0.5) is 11.4 Å². The number of aromatic hydroxyl groups is 1. The van der Waals surface area contributed by atoms with Crippen molar-refractivity contribution in [3.63, 3.8) is 0 Å². The second-order valence-electron chi connectivity index (χ2n) is 11.7. The van der Waals surface area contributed by atoms with Gasteiger partial charge in [0.25, 0.3) is 0 Å². The molecule has 2 aliphatic heterocycles. The Kier molecular flexibility index (Phi) is 6.22. The van der Waals surface area contributed by atoms with Gasteiger partial charge in [0.05, 0.1) is 34.5 Å². The number of hydrogen-bond acceptors (Lipinski definition) is 5. The van der Waals surface area contributed by atoms with Gasteiger partial charge < -0.3 is 5.11 Å². The van der Waals surface area contributed by atoms with Crippen LogP contribution in [0.25, 0.3) is 0 Å². The minimum atomic E-state index is -1.19. The fraction of sp³-hybridized carbons (Fsp3) is 0.273. The molecule has 2 saturated heterocycles. The van der Waals surface area contributed by atoms with Gasteiger partial charge in [-0.25, -0.2) is 4.90 Å². The summed E-state index contributed by atoms with van der Waals surface area (Å²) >= 11 is 10.1. The molecule has 6 unspecified atom stereocenters. The average molecular weight is 646 g/mol. The molecule has 2 heterocycles. The van der Waals surface area contributed by atoms with E-state index in [1.165, 1.54) is 21.9 Å². The first kappa shape index (κ1) is 27.1. The van der Waals surface area contributed by atoms with Crippen molar-refractivity contribution in [1.29, 1.82) is 0 Å². The molecule has 9 heteroatoms. The largest absolute Gasteiger partial charge is 0.508 e. The van der Waals surface area contributed by atoms with E-state index in [-0.39, 0.29) is 40.8 Å². The van der Waals surface area contributed by atoms with Gasteiger partial charge in [0, 0.05) is 15.4 Å². The van der Waals surface area contributed by atoms with E-state index in [1.54, 1.807) is 54.6 Å². The van der Waals surface area contributed by atoms with Crippen LogP contribution in [0, 0.1) is 29.1 Å². The van der Waals surface area contributed by atoms with Gasteiger partial charge in [-0.15, -0.1) is 0 Å². The highest BCUT2D eigenvalue weighted by Crippen LogP contribution is 2.64. The fourth-order valence-electron chi connectivity index (χ4n) is 7.78. The summed E-state index contributed by atoms with van der Waals surface area (Å²) in [5, 5.41) is 10.4. The predicted octanol–water partition coefficient (Wildman–Crippen LogP) is 6.24. The van der Waals surface area contributed by atoms with E-state index in [2.05, 4.69) is 15.9 Å². The van der Waals surface area contributed by atoms with E-state index in [0.29, 0.717) is 23.4 Å². The molecule has 4 amide bonds. The number of anilines is 2. The summed E-state index contributed by atoms with van der Waals surface area (Å²) in [6.07, 6.45) is 2.59. The number of fused-ring (bicyclic) bond motifs is 4. The number of nitrogens with zero attached hydrogens (tertiary/aromatic N) is 2. The van der Waals surface area contributed by atoms with Gasteiger partial charge in [0.1, 0.15) is 5.75 Å². The van der Waals surface area contributed by atoms with Crippen LogP contribution in [0.2, 0.25) is 5.02 Å². The van der Waals surface area contributed by atoms with Crippen molar-refractivity contribution >= 4 is 62.5 Å². The number of rotatable bonds is 3. The molecule has 0 radical (unpaired) electrons. The van der Waals surface area contributed by atoms with Crippen LogP contribution in [-0.4, -0.2) is 28.7 Å². The van der Waals surface area contributed by atoms with Crippen molar-refractivity contribution in [3.05, 3.63) is 99.5 Å². The van der Waals surface area contributed by atoms with Crippen molar-refractivity contribution in [2.75, 3.05) is 9.80 Å². The molecule has 42 heavy (non-hydrogen) atoms. The Bertz CT molecular complexity index is 1710. The highest BCUT2D eigenvalue weighted by molar-refractivity contribution is 9.10. The first-order valence-corrected chi connectivity index (χ1v) is 15.0. The van der Waals surface area contributed by atoms with Gasteiger partial charge in [0.15, 0.2) is 0 Å². The highest BCUT2D eigenvalue weighted by atomic mass is 79.9. The van der Waals surface area contributed by atoms with Gasteiger partial charge in [-0.2, -0.15) is 0 Å². The lowest BCUT2D eigenvalue weighted by molar-refractivity contribution is -0.131. The van der Waals surface area contributed by atoms with E-state index in [9.17, 15) is 24.3 Å². The molecule has 6 atom stereocenters. The second-order valence-corrected chi connectivity index (χ2v) is 13.0. The van der Waals surface area contributed by atoms with Crippen molar-refractivity contribution in [3.8, 4) is 5.75 Å². The minimum absolute atomic E-state index is 0.0167. The lowest BCUT2D eigenvalue weighted by Crippen LogP contribution is -2.49. The van der Waals surface area contributed by atoms with Gasteiger partial charge in [0.2, 0.25) is 23.6 Å². The zero-order valence-corrected chi connectivity index (χ0v) is 24.9. The molecule has 7 nitrogen and oxygen atoms in total. The number of benzene rings is 3. The normalized spacial score (nSPS) is 30.3. The van der Waals surface area contributed by atoms with Gasteiger partial charge in [-0.05, 0) is 79.8 Å². The van der Waals surface area contributed by atoms with E-state index >= 15 is 0 Å². The Morgan fingerprint density at radius 2 is 1.55 bits per heavy atom. The Morgan fingerprint density at radius 3 is 2.24 bits per heavy atom. The number of phenolic OH excluding ortho intramolecular Hbond substituents is 1. The zero-order valence-electron chi connectivity index (χ0n) is 22.5. The maximum atomic E-state index is 14.4. The third-order valence-electron chi connectivity index (χ3n) is 9.67. The molecule has 2 aliphatic carbocycles. The number of hydrogen-bond donors (Lipinski definition) is 1. The fourth-order valence-corrected chi connectivity index (χ4v) is 8.33. The van der Waals surface area contributed by atoms with E-state index in [0.717, 1.165) is 10.0 Å². The molecule has 1 N–H and O–H groups in total. The lowest BCUT2D eigenvalue weighted by Gasteiger charge is -2.49. The Hall–Kier alpha value is -3.75. The summed E-state index contributed by atoms with van der Waals surface area (Å²) in [5.74, 6) is -4.27. The average Bonchev–Trinajstić information content (AvgIpc) is 3.34. The molecule has 212 valence electrons. The summed E-state index contributed by atoms with van der Waals surface area (Å²) in [7, 11) is 0. The number of imide groups is 2. The zero-order chi connectivity index (χ0) is 29.5. The maximum Gasteiger partial charge on any atom is 0.241 e. The predicted molar refractivity (Wildman–Crippen MR) is 161 cm³/mol. The topological polar surface area (TPSA) is 95.0 Å². The van der Waals surface area contributed by atoms with Gasteiger partial charge in [-0.1, -0.05) is 63.4 Å². The number of halogens is 2. The maximum absolute atomic E-state index is 14.4. The quantitative estimate of drug-likeness (QED) is 0.269. The van der Waals surface area contributed by atoms with Crippen molar-refractivity contribution in [2.45, 2.75) is 25.7 Å². The van der Waals surface area contributed by atoms with Crippen LogP contribution in [0.3, 0.4) is 0 Å². The SMILES string of the molecule is CC12C(=O)N(c3ccccc3)C(=O)C1CC1C(=CCC3C(=O)N(c4ccc(Br)cc4)C(=O)C31)C2c1ccc(O)cc1Cl. The number of para-hydroxylation sites is 1. The number of allylic oxidation sites excluding steroid dienone is 2. The molecule has 3 aromatic carbocycles. The van der Waals surface area contributed by atoms with Crippen LogP contribution in [0.15, 0.2) is 88.9 Å². The summed E-state index contributed by atoms with van der Waals surface area (Å²) in [6, 6.07) is 20.5. The van der Waals surface area contributed by atoms with Crippen LogP contribution < -0.4 is 9.80 Å². The lowest BCUT2D eigenvalue weighted by atomic mass is 9.51. The molecule has 0 aromatic heterocycles. The Labute approximate surface area is 255 Å². The first-order valence-electron chi connectivity index (χ1n) is 13.9. The minimum Gasteiger partial charge on any atom is -0.508 e. The number of carbonyl (C=O) groups is 4. The molecular weight excluding hydrogens is 620 g/mol. The van der Waals surface area contributed by atoms with Crippen molar-refractivity contribution < 1.29 is 24.3 Å². The first-order chi connectivity index (χ1) is 20.1. The Balaban J connectivity index is 1.38. The van der Waals surface area contributed by atoms with Crippen molar-refractivity contribution in [2.24, 2.45) is 29.1 Å². The molecule has 1 saturated carbocycles. The molecule has 7 rings (SSSR count). The van der Waals surface area contributed by atoms with Crippen LogP contribution in [0.1, 0.15) is 31.2 Å². The van der Waals surface area contributed by atoms with Gasteiger partial charge in [-0.3, -0.25) is 24.1 Å².